The molecule has 0 radical (unpaired) electrons. The van der Waals surface area contributed by atoms with E-state index >= 15 is 0 Å². The second kappa shape index (κ2) is 10.6. The van der Waals surface area contributed by atoms with Crippen molar-refractivity contribution in [3.05, 3.63) is 94.5 Å². The first-order chi connectivity index (χ1) is 13.3. The van der Waals surface area contributed by atoms with Crippen LogP contribution >= 0.6 is 15.9 Å². The molecule has 0 nitrogen and oxygen atoms in total. The minimum atomic E-state index is 1.00. The lowest BCUT2D eigenvalue weighted by molar-refractivity contribution is 1.50. The molecule has 0 spiro atoms. The number of rotatable bonds is 0. The maximum atomic E-state index is 3.56. The Morgan fingerprint density at radius 2 is 1.07 bits per heavy atom. The first-order valence-corrected chi connectivity index (χ1v) is 10.3. The van der Waals surface area contributed by atoms with Gasteiger partial charge in [-0.25, -0.2) is 0 Å². The van der Waals surface area contributed by atoms with Crippen LogP contribution in [0.1, 0.15) is 38.8 Å². The standard InChI is InChI=1S/C22H13Br.2C2H6/c23-22-12-6-2-7-16(22)13-14-18-15-17-8-1-3-9-19(17)21-11-5-4-10-20(18)21;2*1-2/h1-12,15H;2*1-2H3. The van der Waals surface area contributed by atoms with Crippen molar-refractivity contribution in [1.29, 1.82) is 0 Å². The zero-order valence-corrected chi connectivity index (χ0v) is 18.0. The Morgan fingerprint density at radius 1 is 0.556 bits per heavy atom. The monoisotopic (exact) mass is 416 g/mol. The van der Waals surface area contributed by atoms with E-state index in [0.29, 0.717) is 0 Å². The maximum absolute atomic E-state index is 3.56. The molecular weight excluding hydrogens is 392 g/mol. The van der Waals surface area contributed by atoms with E-state index in [4.69, 9.17) is 0 Å². The van der Waals surface area contributed by atoms with Gasteiger partial charge in [-0.15, -0.1) is 0 Å². The quantitative estimate of drug-likeness (QED) is 0.200. The van der Waals surface area contributed by atoms with Crippen molar-refractivity contribution in [1.82, 2.24) is 0 Å². The molecule has 0 unspecified atom stereocenters. The number of hydrogen-bond acceptors (Lipinski definition) is 0. The fourth-order valence-corrected chi connectivity index (χ4v) is 3.24. The molecule has 0 aliphatic carbocycles. The summed E-state index contributed by atoms with van der Waals surface area (Å²) < 4.78 is 1.03. The lowest BCUT2D eigenvalue weighted by Gasteiger charge is -2.06. The zero-order chi connectivity index (χ0) is 19.6. The highest BCUT2D eigenvalue weighted by atomic mass is 79.9. The summed E-state index contributed by atoms with van der Waals surface area (Å²) in [4.78, 5) is 0. The van der Waals surface area contributed by atoms with Gasteiger partial charge in [-0.3, -0.25) is 0 Å². The van der Waals surface area contributed by atoms with Gasteiger partial charge in [-0.1, -0.05) is 100 Å². The van der Waals surface area contributed by atoms with Gasteiger partial charge in [-0.2, -0.15) is 0 Å². The normalized spacial score (nSPS) is 9.37. The summed E-state index contributed by atoms with van der Waals surface area (Å²) in [5, 5.41) is 4.95. The predicted molar refractivity (Wildman–Crippen MR) is 124 cm³/mol. The summed E-state index contributed by atoms with van der Waals surface area (Å²) in [6, 6.07) is 27.2. The van der Waals surface area contributed by atoms with Crippen LogP contribution in [-0.4, -0.2) is 0 Å². The summed E-state index contributed by atoms with van der Waals surface area (Å²) in [5.41, 5.74) is 2.07. The highest BCUT2D eigenvalue weighted by Crippen LogP contribution is 2.28. The number of hydrogen-bond donors (Lipinski definition) is 0. The van der Waals surface area contributed by atoms with Crippen molar-refractivity contribution >= 4 is 37.5 Å². The summed E-state index contributed by atoms with van der Waals surface area (Å²) >= 11 is 3.56. The van der Waals surface area contributed by atoms with Gasteiger partial charge in [0.1, 0.15) is 0 Å². The van der Waals surface area contributed by atoms with E-state index in [0.717, 1.165) is 15.6 Å². The Balaban J connectivity index is 0.000000614. The van der Waals surface area contributed by atoms with E-state index in [1.807, 2.05) is 52.0 Å². The molecule has 0 amide bonds. The average molecular weight is 417 g/mol. The van der Waals surface area contributed by atoms with E-state index in [1.54, 1.807) is 0 Å². The van der Waals surface area contributed by atoms with Crippen LogP contribution in [0.5, 0.6) is 0 Å². The average Bonchev–Trinajstić information content (AvgIpc) is 2.76. The second-order valence-corrected chi connectivity index (χ2v) is 6.28. The third kappa shape index (κ3) is 4.79. The SMILES string of the molecule is Brc1ccccc1C#Cc1cc2ccccc2c2ccccc12.CC.CC. The van der Waals surface area contributed by atoms with Crippen LogP contribution in [0, 0.1) is 11.8 Å². The summed E-state index contributed by atoms with van der Waals surface area (Å²) in [6.07, 6.45) is 0. The molecule has 0 bridgehead atoms. The van der Waals surface area contributed by atoms with E-state index in [1.165, 1.54) is 21.5 Å². The minimum Gasteiger partial charge on any atom is -0.0683 e. The third-order valence-electron chi connectivity index (χ3n) is 3.97. The van der Waals surface area contributed by atoms with Gasteiger partial charge in [0.05, 0.1) is 0 Å². The van der Waals surface area contributed by atoms with Gasteiger partial charge in [0.15, 0.2) is 0 Å². The number of benzene rings is 4. The van der Waals surface area contributed by atoms with Crippen molar-refractivity contribution in [3.63, 3.8) is 0 Å². The smallest absolute Gasteiger partial charge is 0.0391 e. The molecular formula is C26H25Br. The Hall–Kier alpha value is -2.56. The molecule has 0 saturated carbocycles. The fourth-order valence-electron chi connectivity index (χ4n) is 2.85. The molecule has 0 fully saturated rings. The number of halogens is 1. The molecule has 4 aromatic carbocycles. The molecule has 4 rings (SSSR count). The minimum absolute atomic E-state index is 1.00. The van der Waals surface area contributed by atoms with Gasteiger partial charge in [0, 0.05) is 15.6 Å². The van der Waals surface area contributed by atoms with E-state index in [-0.39, 0.29) is 0 Å². The lowest BCUT2D eigenvalue weighted by atomic mass is 9.97. The molecule has 0 aliphatic rings. The van der Waals surface area contributed by atoms with Gasteiger partial charge in [0.2, 0.25) is 0 Å². The van der Waals surface area contributed by atoms with Crippen LogP contribution in [0.2, 0.25) is 0 Å². The fraction of sp³-hybridized carbons (Fsp3) is 0.154. The van der Waals surface area contributed by atoms with Crippen molar-refractivity contribution in [2.45, 2.75) is 27.7 Å². The molecule has 0 aromatic heterocycles. The van der Waals surface area contributed by atoms with Gasteiger partial charge in [0.25, 0.3) is 0 Å². The van der Waals surface area contributed by atoms with Crippen molar-refractivity contribution < 1.29 is 0 Å². The highest BCUT2D eigenvalue weighted by Gasteiger charge is 2.04. The Labute approximate surface area is 171 Å². The lowest BCUT2D eigenvalue weighted by Crippen LogP contribution is -1.84. The largest absolute Gasteiger partial charge is 0.0683 e. The van der Waals surface area contributed by atoms with Gasteiger partial charge >= 0.3 is 0 Å². The molecule has 0 saturated heterocycles. The van der Waals surface area contributed by atoms with Crippen LogP contribution in [0.3, 0.4) is 0 Å². The van der Waals surface area contributed by atoms with Crippen molar-refractivity contribution in [2.24, 2.45) is 0 Å². The highest BCUT2D eigenvalue weighted by molar-refractivity contribution is 9.10. The molecule has 0 aliphatic heterocycles. The van der Waals surface area contributed by atoms with Gasteiger partial charge < -0.3 is 0 Å². The third-order valence-corrected chi connectivity index (χ3v) is 4.67. The molecule has 0 atom stereocenters. The molecule has 4 aromatic rings. The van der Waals surface area contributed by atoms with E-state index in [9.17, 15) is 0 Å². The van der Waals surface area contributed by atoms with Crippen LogP contribution in [-0.2, 0) is 0 Å². The Morgan fingerprint density at radius 3 is 1.78 bits per heavy atom. The number of fused-ring (bicyclic) bond motifs is 3. The van der Waals surface area contributed by atoms with Crippen LogP contribution in [0.4, 0.5) is 0 Å². The van der Waals surface area contributed by atoms with Crippen LogP contribution in [0.15, 0.2) is 83.3 Å². The molecule has 1 heteroatoms. The first kappa shape index (κ1) is 20.7. The predicted octanol–water partition coefficient (Wildman–Crippen LogP) is 8.21. The van der Waals surface area contributed by atoms with Gasteiger partial charge in [-0.05, 0) is 55.7 Å². The molecule has 0 N–H and O–H groups in total. The van der Waals surface area contributed by atoms with Crippen LogP contribution in [0.25, 0.3) is 21.5 Å². The molecule has 136 valence electrons. The summed E-state index contributed by atoms with van der Waals surface area (Å²) in [7, 11) is 0. The van der Waals surface area contributed by atoms with Crippen molar-refractivity contribution in [2.75, 3.05) is 0 Å². The summed E-state index contributed by atoms with van der Waals surface area (Å²) in [5.74, 6) is 6.65. The van der Waals surface area contributed by atoms with E-state index in [2.05, 4.69) is 82.4 Å². The Bertz CT molecular complexity index is 1080. The maximum Gasteiger partial charge on any atom is 0.0391 e. The Kier molecular flexibility index (Phi) is 8.11. The van der Waals surface area contributed by atoms with Crippen LogP contribution < -0.4 is 0 Å². The summed E-state index contributed by atoms with van der Waals surface area (Å²) in [6.45, 7) is 8.00. The zero-order valence-electron chi connectivity index (χ0n) is 16.4. The first-order valence-electron chi connectivity index (χ1n) is 9.50. The molecule has 0 heterocycles. The topological polar surface area (TPSA) is 0 Å². The van der Waals surface area contributed by atoms with E-state index < -0.39 is 0 Å². The van der Waals surface area contributed by atoms with Crippen molar-refractivity contribution in [3.8, 4) is 11.8 Å². The second-order valence-electron chi connectivity index (χ2n) is 5.42. The molecule has 27 heavy (non-hydrogen) atoms.